The standard InChI is InChI=1S/C17H18N4O4S3/c1-21(2)28(23,24)14-8-11(4-5-13(14)25-3)20-15(22)9-27-17-16-12(6-7-26-16)18-10-19-17/h4-8,10H,9H2,1-3H3,(H,20,22). The number of benzene rings is 1. The molecule has 0 saturated heterocycles. The van der Waals surface area contributed by atoms with E-state index >= 15 is 0 Å². The fourth-order valence-electron chi connectivity index (χ4n) is 2.35. The number of thiophene rings is 1. The van der Waals surface area contributed by atoms with E-state index in [1.54, 1.807) is 6.07 Å². The van der Waals surface area contributed by atoms with Crippen LogP contribution in [0.1, 0.15) is 0 Å². The number of hydrogen-bond acceptors (Lipinski definition) is 8. The molecule has 0 spiro atoms. The number of anilines is 1. The van der Waals surface area contributed by atoms with Crippen molar-refractivity contribution in [3.8, 4) is 5.75 Å². The van der Waals surface area contributed by atoms with Crippen molar-refractivity contribution in [2.45, 2.75) is 9.92 Å². The average molecular weight is 439 g/mol. The third-order valence-corrected chi connectivity index (χ3v) is 7.62. The summed E-state index contributed by atoms with van der Waals surface area (Å²) in [6.45, 7) is 0. The van der Waals surface area contributed by atoms with E-state index in [9.17, 15) is 13.2 Å². The molecule has 0 saturated carbocycles. The maximum atomic E-state index is 12.5. The molecule has 1 amide bonds. The summed E-state index contributed by atoms with van der Waals surface area (Å²) >= 11 is 2.82. The molecular formula is C17H18N4O4S3. The molecule has 3 rings (SSSR count). The topological polar surface area (TPSA) is 101 Å². The Morgan fingerprint density at radius 1 is 1.29 bits per heavy atom. The molecule has 148 valence electrons. The predicted molar refractivity (Wildman–Crippen MR) is 111 cm³/mol. The second-order valence-corrected chi connectivity index (χ2v) is 9.80. The number of fused-ring (bicyclic) bond motifs is 1. The molecule has 1 aromatic carbocycles. The molecule has 0 atom stereocenters. The van der Waals surface area contributed by atoms with Crippen LogP contribution in [0, 0.1) is 0 Å². The quantitative estimate of drug-likeness (QED) is 0.447. The molecule has 0 aliphatic carbocycles. The van der Waals surface area contributed by atoms with E-state index in [0.717, 1.165) is 19.5 Å². The summed E-state index contributed by atoms with van der Waals surface area (Å²) < 4.78 is 32.1. The van der Waals surface area contributed by atoms with E-state index < -0.39 is 10.0 Å². The summed E-state index contributed by atoms with van der Waals surface area (Å²) in [6, 6.07) is 6.39. The SMILES string of the molecule is COc1ccc(NC(=O)CSc2ncnc3ccsc23)cc1S(=O)(=O)N(C)C. The van der Waals surface area contributed by atoms with Gasteiger partial charge in [-0.25, -0.2) is 22.7 Å². The third-order valence-electron chi connectivity index (χ3n) is 3.76. The number of thioether (sulfide) groups is 1. The van der Waals surface area contributed by atoms with Gasteiger partial charge in [-0.05, 0) is 29.6 Å². The number of amides is 1. The number of hydrogen-bond donors (Lipinski definition) is 1. The van der Waals surface area contributed by atoms with E-state index in [4.69, 9.17) is 4.74 Å². The van der Waals surface area contributed by atoms with Gasteiger partial charge in [0, 0.05) is 19.8 Å². The molecule has 0 radical (unpaired) electrons. The van der Waals surface area contributed by atoms with E-state index in [-0.39, 0.29) is 22.3 Å². The highest BCUT2D eigenvalue weighted by Gasteiger charge is 2.23. The van der Waals surface area contributed by atoms with Crippen molar-refractivity contribution in [3.05, 3.63) is 36.0 Å². The molecule has 28 heavy (non-hydrogen) atoms. The molecule has 8 nitrogen and oxygen atoms in total. The zero-order chi connectivity index (χ0) is 20.3. The van der Waals surface area contributed by atoms with E-state index in [1.807, 2.05) is 11.4 Å². The molecule has 0 unspecified atom stereocenters. The fourth-order valence-corrected chi connectivity index (χ4v) is 5.17. The Balaban J connectivity index is 1.74. The number of nitrogens with zero attached hydrogens (tertiary/aromatic N) is 3. The van der Waals surface area contributed by atoms with Crippen LogP contribution in [-0.4, -0.2) is 55.6 Å². The van der Waals surface area contributed by atoms with Crippen LogP contribution in [0.15, 0.2) is 45.9 Å². The number of sulfonamides is 1. The minimum Gasteiger partial charge on any atom is -0.495 e. The van der Waals surface area contributed by atoms with Crippen molar-refractivity contribution in [1.82, 2.24) is 14.3 Å². The number of carbonyl (C=O) groups is 1. The van der Waals surface area contributed by atoms with Crippen LogP contribution in [0.25, 0.3) is 10.2 Å². The normalized spacial score (nSPS) is 11.7. The van der Waals surface area contributed by atoms with E-state index in [0.29, 0.717) is 5.69 Å². The lowest BCUT2D eigenvalue weighted by Crippen LogP contribution is -2.23. The Morgan fingerprint density at radius 2 is 2.07 bits per heavy atom. The highest BCUT2D eigenvalue weighted by atomic mass is 32.2. The van der Waals surface area contributed by atoms with Crippen molar-refractivity contribution in [3.63, 3.8) is 0 Å². The van der Waals surface area contributed by atoms with Gasteiger partial charge in [-0.15, -0.1) is 11.3 Å². The summed E-state index contributed by atoms with van der Waals surface area (Å²) in [5, 5.41) is 5.38. The van der Waals surface area contributed by atoms with E-state index in [2.05, 4.69) is 15.3 Å². The number of rotatable bonds is 7. The molecule has 0 aliphatic heterocycles. The molecule has 1 N–H and O–H groups in total. The van der Waals surface area contributed by atoms with Crippen LogP contribution in [0.2, 0.25) is 0 Å². The zero-order valence-corrected chi connectivity index (χ0v) is 17.8. The molecule has 0 bridgehead atoms. The first-order valence-electron chi connectivity index (χ1n) is 8.04. The van der Waals surface area contributed by atoms with Crippen molar-refractivity contribution in [2.24, 2.45) is 0 Å². The molecule has 0 fully saturated rings. The van der Waals surface area contributed by atoms with Crippen LogP contribution >= 0.6 is 23.1 Å². The van der Waals surface area contributed by atoms with Crippen LogP contribution in [0.3, 0.4) is 0 Å². The van der Waals surface area contributed by atoms with Crippen LogP contribution < -0.4 is 10.1 Å². The van der Waals surface area contributed by atoms with Crippen molar-refractivity contribution in [1.29, 1.82) is 0 Å². The van der Waals surface area contributed by atoms with Gasteiger partial charge in [0.2, 0.25) is 15.9 Å². The Hall–Kier alpha value is -2.21. The molecule has 11 heteroatoms. The Morgan fingerprint density at radius 3 is 2.79 bits per heavy atom. The van der Waals surface area contributed by atoms with Crippen molar-refractivity contribution >= 4 is 54.9 Å². The number of carbonyl (C=O) groups excluding carboxylic acids is 1. The van der Waals surface area contributed by atoms with Crippen LogP contribution in [0.5, 0.6) is 5.75 Å². The van der Waals surface area contributed by atoms with Gasteiger partial charge in [0.05, 0.1) is 23.1 Å². The number of aromatic nitrogens is 2. The summed E-state index contributed by atoms with van der Waals surface area (Å²) in [7, 11) is 0.548. The third kappa shape index (κ3) is 4.27. The highest BCUT2D eigenvalue weighted by Crippen LogP contribution is 2.30. The lowest BCUT2D eigenvalue weighted by Gasteiger charge is -2.16. The van der Waals surface area contributed by atoms with Gasteiger partial charge in [0.15, 0.2) is 0 Å². The molecular weight excluding hydrogens is 420 g/mol. The Bertz CT molecular complexity index is 1110. The summed E-state index contributed by atoms with van der Waals surface area (Å²) in [6.07, 6.45) is 1.47. The zero-order valence-electron chi connectivity index (χ0n) is 15.4. The number of ether oxygens (including phenoxy) is 1. The van der Waals surface area contributed by atoms with Gasteiger partial charge in [0.1, 0.15) is 22.0 Å². The van der Waals surface area contributed by atoms with Gasteiger partial charge in [-0.3, -0.25) is 4.79 Å². The Kier molecular flexibility index (Phi) is 6.18. The monoisotopic (exact) mass is 438 g/mol. The maximum Gasteiger partial charge on any atom is 0.246 e. The highest BCUT2D eigenvalue weighted by molar-refractivity contribution is 8.00. The predicted octanol–water partition coefficient (Wildman–Crippen LogP) is 2.68. The van der Waals surface area contributed by atoms with Crippen LogP contribution in [0.4, 0.5) is 5.69 Å². The van der Waals surface area contributed by atoms with Gasteiger partial charge in [-0.2, -0.15) is 0 Å². The average Bonchev–Trinajstić information content (AvgIpc) is 3.15. The van der Waals surface area contributed by atoms with Crippen molar-refractivity contribution in [2.75, 3.05) is 32.3 Å². The largest absolute Gasteiger partial charge is 0.495 e. The van der Waals surface area contributed by atoms with Gasteiger partial charge < -0.3 is 10.1 Å². The Labute approximate surface area is 171 Å². The second kappa shape index (κ2) is 8.43. The maximum absolute atomic E-state index is 12.5. The molecule has 2 aromatic heterocycles. The molecule has 0 aliphatic rings. The summed E-state index contributed by atoms with van der Waals surface area (Å²) in [5.74, 6) is 0.0695. The lowest BCUT2D eigenvalue weighted by atomic mass is 10.3. The minimum absolute atomic E-state index is 0.0125. The second-order valence-electron chi connectivity index (χ2n) is 5.80. The van der Waals surface area contributed by atoms with Crippen molar-refractivity contribution < 1.29 is 17.9 Å². The van der Waals surface area contributed by atoms with E-state index in [1.165, 1.54) is 62.8 Å². The van der Waals surface area contributed by atoms with Gasteiger partial charge in [-0.1, -0.05) is 11.8 Å². The minimum atomic E-state index is -3.71. The number of nitrogens with one attached hydrogen (secondary N) is 1. The first-order chi connectivity index (χ1) is 13.3. The fraction of sp³-hybridized carbons (Fsp3) is 0.235. The van der Waals surface area contributed by atoms with Gasteiger partial charge in [0.25, 0.3) is 0 Å². The summed E-state index contributed by atoms with van der Waals surface area (Å²) in [5.41, 5.74) is 1.22. The molecule has 3 aromatic rings. The lowest BCUT2D eigenvalue weighted by molar-refractivity contribution is -0.113. The summed E-state index contributed by atoms with van der Waals surface area (Å²) in [4.78, 5) is 20.7. The molecule has 2 heterocycles. The first-order valence-corrected chi connectivity index (χ1v) is 11.3. The smallest absolute Gasteiger partial charge is 0.246 e. The van der Waals surface area contributed by atoms with Gasteiger partial charge >= 0.3 is 0 Å². The first kappa shape index (κ1) is 20.5. The number of methoxy groups -OCH3 is 1. The van der Waals surface area contributed by atoms with Crippen LogP contribution in [-0.2, 0) is 14.8 Å².